The Bertz CT molecular complexity index is 1310. The molecule has 3 heterocycles. The molecule has 1 aliphatic heterocycles. The quantitative estimate of drug-likeness (QED) is 0.296. The molecular weight excluding hydrogens is 446 g/mol. The van der Waals surface area contributed by atoms with E-state index >= 15 is 0 Å². The molecule has 33 heavy (non-hydrogen) atoms. The molecule has 1 aliphatic rings. The zero-order chi connectivity index (χ0) is 22.9. The van der Waals surface area contributed by atoms with Gasteiger partial charge < -0.3 is 9.72 Å². The number of hydrogen-bond donors (Lipinski definition) is 1. The van der Waals surface area contributed by atoms with Crippen LogP contribution in [0, 0.1) is 11.6 Å². The third kappa shape index (κ3) is 4.30. The maximum atomic E-state index is 14.2. The van der Waals surface area contributed by atoms with Crippen LogP contribution in [-0.4, -0.2) is 43.5 Å². The van der Waals surface area contributed by atoms with E-state index in [1.54, 1.807) is 6.92 Å². The highest BCUT2D eigenvalue weighted by Gasteiger charge is 2.27. The van der Waals surface area contributed by atoms with Crippen molar-refractivity contribution in [3.8, 4) is 11.4 Å². The smallest absolute Gasteiger partial charge is 0.192 e. The van der Waals surface area contributed by atoms with E-state index in [0.29, 0.717) is 17.5 Å². The number of carbonyl (C=O) groups is 1. The molecule has 4 aromatic rings. The van der Waals surface area contributed by atoms with Gasteiger partial charge in [0, 0.05) is 35.3 Å². The normalized spacial score (nSPS) is 17.0. The molecule has 0 saturated carbocycles. The van der Waals surface area contributed by atoms with E-state index in [-0.39, 0.29) is 11.7 Å². The van der Waals surface area contributed by atoms with Crippen molar-refractivity contribution in [2.45, 2.75) is 42.8 Å². The summed E-state index contributed by atoms with van der Waals surface area (Å²) in [6, 6.07) is 10.9. The minimum absolute atomic E-state index is 0.0323. The van der Waals surface area contributed by atoms with Gasteiger partial charge in [-0.1, -0.05) is 30.0 Å². The first-order valence-corrected chi connectivity index (χ1v) is 11.7. The molecule has 0 aliphatic carbocycles. The fourth-order valence-electron chi connectivity index (χ4n) is 4.11. The Morgan fingerprint density at radius 1 is 1.27 bits per heavy atom. The molecule has 1 fully saturated rings. The van der Waals surface area contributed by atoms with Crippen LogP contribution in [0.2, 0.25) is 0 Å². The number of ketones is 1. The lowest BCUT2D eigenvalue weighted by atomic mass is 10.1. The number of para-hydroxylation sites is 1. The highest BCUT2D eigenvalue weighted by molar-refractivity contribution is 8.00. The summed E-state index contributed by atoms with van der Waals surface area (Å²) >= 11 is 1.21. The monoisotopic (exact) mass is 468 g/mol. The summed E-state index contributed by atoms with van der Waals surface area (Å²) < 4.78 is 35.2. The number of benzene rings is 2. The molecule has 0 bridgehead atoms. The van der Waals surface area contributed by atoms with Gasteiger partial charge in [0.05, 0.1) is 23.5 Å². The minimum atomic E-state index is -0.868. The van der Waals surface area contributed by atoms with Crippen LogP contribution in [0.3, 0.4) is 0 Å². The Morgan fingerprint density at radius 3 is 2.91 bits per heavy atom. The van der Waals surface area contributed by atoms with Crippen molar-refractivity contribution >= 4 is 28.4 Å². The van der Waals surface area contributed by atoms with Crippen LogP contribution in [0.15, 0.2) is 53.8 Å². The van der Waals surface area contributed by atoms with Crippen LogP contribution in [0.25, 0.3) is 22.3 Å². The van der Waals surface area contributed by atoms with E-state index in [9.17, 15) is 13.6 Å². The van der Waals surface area contributed by atoms with E-state index in [1.165, 1.54) is 17.8 Å². The molecule has 9 heteroatoms. The molecule has 1 saturated heterocycles. The summed E-state index contributed by atoms with van der Waals surface area (Å²) in [5.41, 5.74) is 1.76. The highest BCUT2D eigenvalue weighted by Crippen LogP contribution is 2.33. The van der Waals surface area contributed by atoms with Crippen LogP contribution in [-0.2, 0) is 11.3 Å². The van der Waals surface area contributed by atoms with Gasteiger partial charge in [0.15, 0.2) is 16.8 Å². The number of nitrogens with one attached hydrogen (secondary N) is 1. The van der Waals surface area contributed by atoms with Gasteiger partial charge in [0.1, 0.15) is 11.6 Å². The zero-order valence-corrected chi connectivity index (χ0v) is 18.7. The molecule has 0 amide bonds. The predicted octanol–water partition coefficient (Wildman–Crippen LogP) is 5.25. The van der Waals surface area contributed by atoms with Crippen molar-refractivity contribution in [2.75, 3.05) is 6.61 Å². The lowest BCUT2D eigenvalue weighted by molar-refractivity contribution is 0.0953. The number of rotatable bonds is 7. The van der Waals surface area contributed by atoms with Crippen molar-refractivity contribution in [3.63, 3.8) is 0 Å². The Labute approximate surface area is 193 Å². The second-order valence-corrected chi connectivity index (χ2v) is 9.36. The summed E-state index contributed by atoms with van der Waals surface area (Å²) in [4.78, 5) is 16.1. The van der Waals surface area contributed by atoms with E-state index < -0.39 is 22.7 Å². The van der Waals surface area contributed by atoms with Crippen molar-refractivity contribution in [1.82, 2.24) is 19.7 Å². The van der Waals surface area contributed by atoms with Gasteiger partial charge in [0.25, 0.3) is 0 Å². The topological polar surface area (TPSA) is 72.8 Å². The fraction of sp³-hybridized carbons (Fsp3) is 0.292. The molecule has 6 nitrogen and oxygen atoms in total. The lowest BCUT2D eigenvalue weighted by Crippen LogP contribution is -2.19. The molecule has 170 valence electrons. The van der Waals surface area contributed by atoms with Gasteiger partial charge in [-0.25, -0.2) is 8.78 Å². The number of nitrogens with zero attached hydrogens (tertiary/aromatic N) is 3. The summed E-state index contributed by atoms with van der Waals surface area (Å²) in [7, 11) is 0. The lowest BCUT2D eigenvalue weighted by Gasteiger charge is -2.16. The number of fused-ring (bicyclic) bond motifs is 1. The average molecular weight is 469 g/mol. The first-order chi connectivity index (χ1) is 16.0. The van der Waals surface area contributed by atoms with Gasteiger partial charge in [-0.3, -0.25) is 9.36 Å². The number of ether oxygens (including phenoxy) is 1. The van der Waals surface area contributed by atoms with E-state index in [0.717, 1.165) is 48.0 Å². The minimum Gasteiger partial charge on any atom is -0.376 e. The van der Waals surface area contributed by atoms with Gasteiger partial charge in [0.2, 0.25) is 0 Å². The third-order valence-corrected chi connectivity index (χ3v) is 6.89. The molecular formula is C24H22F2N4O2S. The molecule has 2 aromatic carbocycles. The van der Waals surface area contributed by atoms with Crippen LogP contribution < -0.4 is 0 Å². The van der Waals surface area contributed by atoms with Crippen molar-refractivity contribution in [1.29, 1.82) is 0 Å². The largest absolute Gasteiger partial charge is 0.376 e. The second kappa shape index (κ2) is 9.07. The predicted molar refractivity (Wildman–Crippen MR) is 122 cm³/mol. The highest BCUT2D eigenvalue weighted by atomic mass is 32.2. The molecule has 2 atom stereocenters. The fourth-order valence-corrected chi connectivity index (χ4v) is 5.03. The average Bonchev–Trinajstić information content (AvgIpc) is 3.54. The number of Topliss-reactive ketones (excluding diaryl/α,β-unsaturated/α-hetero) is 1. The Kier molecular flexibility index (Phi) is 5.99. The Morgan fingerprint density at radius 2 is 2.12 bits per heavy atom. The van der Waals surface area contributed by atoms with Crippen LogP contribution >= 0.6 is 11.8 Å². The van der Waals surface area contributed by atoms with Crippen molar-refractivity contribution in [2.24, 2.45) is 0 Å². The molecule has 2 aromatic heterocycles. The number of hydrogen-bond acceptors (Lipinski definition) is 5. The molecule has 2 unspecified atom stereocenters. The maximum absolute atomic E-state index is 14.2. The van der Waals surface area contributed by atoms with Crippen LogP contribution in [0.4, 0.5) is 8.78 Å². The second-order valence-electron chi connectivity index (χ2n) is 8.05. The van der Waals surface area contributed by atoms with E-state index in [2.05, 4.69) is 15.2 Å². The Balaban J connectivity index is 1.48. The molecule has 5 rings (SSSR count). The first kappa shape index (κ1) is 21.8. The maximum Gasteiger partial charge on any atom is 0.192 e. The van der Waals surface area contributed by atoms with E-state index in [1.807, 2.05) is 35.0 Å². The SMILES string of the molecule is CC(Sc1nnc(-c2c[nH]c3ccccc23)n1CC1CCCO1)C(=O)c1ccc(F)cc1F. The van der Waals surface area contributed by atoms with E-state index in [4.69, 9.17) is 4.74 Å². The van der Waals surface area contributed by atoms with Crippen molar-refractivity contribution < 1.29 is 18.3 Å². The number of aromatic nitrogens is 4. The standard InChI is InChI=1S/C24H22F2N4O2S/c1-14(22(31)18-9-8-15(25)11-20(18)26)33-24-29-28-23(30(24)13-16-5-4-10-32-16)19-12-27-21-7-3-2-6-17(19)21/h2-3,6-9,11-12,14,16,27H,4-5,10,13H2,1H3. The summed E-state index contributed by atoms with van der Waals surface area (Å²) in [5.74, 6) is -1.34. The van der Waals surface area contributed by atoms with Gasteiger partial charge in [-0.15, -0.1) is 10.2 Å². The van der Waals surface area contributed by atoms with Crippen molar-refractivity contribution in [3.05, 3.63) is 65.9 Å². The zero-order valence-electron chi connectivity index (χ0n) is 17.9. The summed E-state index contributed by atoms with van der Waals surface area (Å²) in [6.07, 6.45) is 3.86. The first-order valence-electron chi connectivity index (χ1n) is 10.8. The van der Waals surface area contributed by atoms with Gasteiger partial charge in [-0.2, -0.15) is 0 Å². The number of halogens is 2. The Hall–Kier alpha value is -3.04. The summed E-state index contributed by atoms with van der Waals surface area (Å²) in [6.45, 7) is 2.96. The number of thioether (sulfide) groups is 1. The number of aromatic amines is 1. The van der Waals surface area contributed by atoms with Gasteiger partial charge >= 0.3 is 0 Å². The number of carbonyl (C=O) groups excluding carboxylic acids is 1. The van der Waals surface area contributed by atoms with Gasteiger partial charge in [-0.05, 0) is 38.0 Å². The van der Waals surface area contributed by atoms with Crippen LogP contribution in [0.1, 0.15) is 30.1 Å². The molecule has 1 N–H and O–H groups in total. The number of H-pyrrole nitrogens is 1. The summed E-state index contributed by atoms with van der Waals surface area (Å²) in [5, 5.41) is 9.75. The third-order valence-electron chi connectivity index (χ3n) is 5.81. The molecule has 0 radical (unpaired) electrons. The molecule has 0 spiro atoms. The van der Waals surface area contributed by atoms with Crippen LogP contribution in [0.5, 0.6) is 0 Å².